The third-order valence-corrected chi connectivity index (χ3v) is 11.3. The number of nitrogens with two attached hydrogens (primary N) is 1. The zero-order valence-corrected chi connectivity index (χ0v) is 26.2. The maximum atomic E-state index is 12.8. The zero-order valence-electron chi connectivity index (χ0n) is 23.8. The van der Waals surface area contributed by atoms with E-state index in [0.717, 1.165) is 12.8 Å². The number of amides is 1. The van der Waals surface area contributed by atoms with Crippen LogP contribution in [0.3, 0.4) is 0 Å². The van der Waals surface area contributed by atoms with Crippen molar-refractivity contribution < 1.29 is 40.7 Å². The van der Waals surface area contributed by atoms with E-state index in [-0.39, 0.29) is 25.8 Å². The Labute approximate surface area is 250 Å². The van der Waals surface area contributed by atoms with Crippen molar-refractivity contribution in [1.82, 2.24) is 9.62 Å². The van der Waals surface area contributed by atoms with Gasteiger partial charge in [-0.15, -0.1) is 11.3 Å². The predicted octanol–water partition coefficient (Wildman–Crippen LogP) is 3.29. The van der Waals surface area contributed by atoms with E-state index in [1.54, 1.807) is 11.0 Å². The average molecular weight is 644 g/mol. The van der Waals surface area contributed by atoms with Crippen molar-refractivity contribution in [2.75, 3.05) is 18.8 Å². The number of nitrogens with one attached hydrogen (secondary N) is 1. The Morgan fingerprint density at radius 3 is 2.31 bits per heavy atom. The lowest BCUT2D eigenvalue weighted by Crippen LogP contribution is -2.43. The number of hydrogen-bond acceptors (Lipinski definition) is 11. The summed E-state index contributed by atoms with van der Waals surface area (Å²) < 4.78 is 62.6. The topological polar surface area (TPSA) is 179 Å². The highest BCUT2D eigenvalue weighted by atomic mass is 32.2. The van der Waals surface area contributed by atoms with Crippen LogP contribution in [0.2, 0.25) is 0 Å². The molecule has 0 unspecified atom stereocenters. The molecule has 232 valence electrons. The molecule has 0 spiro atoms. The largest absolute Gasteiger partial charge is 0.444 e. The number of thiophene rings is 1. The third kappa shape index (κ3) is 10.2. The first-order chi connectivity index (χ1) is 19.6. The van der Waals surface area contributed by atoms with Crippen molar-refractivity contribution in [2.24, 2.45) is 11.7 Å². The van der Waals surface area contributed by atoms with Gasteiger partial charge in [0.15, 0.2) is 9.84 Å². The molecule has 1 aliphatic rings. The van der Waals surface area contributed by atoms with Crippen molar-refractivity contribution in [3.63, 3.8) is 0 Å². The lowest BCUT2D eigenvalue weighted by molar-refractivity contribution is -0.138. The number of piperidine rings is 1. The Morgan fingerprint density at radius 2 is 1.69 bits per heavy atom. The van der Waals surface area contributed by atoms with Gasteiger partial charge in [-0.1, -0.05) is 18.2 Å². The molecule has 1 atom stereocenters. The molecule has 3 rings (SSSR count). The Bertz CT molecular complexity index is 1460. The van der Waals surface area contributed by atoms with Gasteiger partial charge in [0.1, 0.15) is 14.7 Å². The van der Waals surface area contributed by atoms with Gasteiger partial charge in [-0.05, 0) is 76.6 Å². The highest BCUT2D eigenvalue weighted by Crippen LogP contribution is 2.27. The second-order valence-corrected chi connectivity index (χ2v) is 16.1. The Morgan fingerprint density at radius 1 is 1.05 bits per heavy atom. The van der Waals surface area contributed by atoms with Gasteiger partial charge in [-0.2, -0.15) is 4.72 Å². The average Bonchev–Trinajstić information content (AvgIpc) is 3.40. The molecule has 2 aromatic rings. The highest BCUT2D eigenvalue weighted by molar-refractivity contribution is 7.93. The molecule has 2 heterocycles. The zero-order chi connectivity index (χ0) is 31.1. The van der Waals surface area contributed by atoms with Crippen LogP contribution in [0.25, 0.3) is 0 Å². The number of likely N-dealkylation sites (tertiary alicyclic amines) is 1. The van der Waals surface area contributed by atoms with E-state index in [1.165, 1.54) is 36.4 Å². The smallest absolute Gasteiger partial charge is 0.410 e. The number of benzene rings is 1. The van der Waals surface area contributed by atoms with Gasteiger partial charge in [-0.3, -0.25) is 4.79 Å². The summed E-state index contributed by atoms with van der Waals surface area (Å²) in [6.07, 6.45) is 0.327. The second-order valence-electron chi connectivity index (χ2n) is 11.0. The van der Waals surface area contributed by atoms with E-state index < -0.39 is 50.0 Å². The van der Waals surface area contributed by atoms with Crippen LogP contribution >= 0.6 is 11.3 Å². The first kappa shape index (κ1) is 33.6. The number of rotatable bonds is 11. The number of esters is 2. The molecule has 42 heavy (non-hydrogen) atoms. The summed E-state index contributed by atoms with van der Waals surface area (Å²) in [5, 5.41) is 0. The van der Waals surface area contributed by atoms with Crippen molar-refractivity contribution in [3.05, 3.63) is 47.3 Å². The van der Waals surface area contributed by atoms with Gasteiger partial charge in [0.25, 0.3) is 0 Å². The van der Waals surface area contributed by atoms with E-state index in [9.17, 15) is 31.2 Å². The number of ether oxygens (including phenoxy) is 2. The van der Waals surface area contributed by atoms with Crippen LogP contribution in [0.1, 0.15) is 62.5 Å². The molecule has 1 fully saturated rings. The highest BCUT2D eigenvalue weighted by Gasteiger charge is 2.28. The molecule has 3 N–H and O–H groups in total. The molecule has 1 aliphatic heterocycles. The minimum Gasteiger partial charge on any atom is -0.444 e. The van der Waals surface area contributed by atoms with Crippen molar-refractivity contribution in [3.8, 4) is 0 Å². The van der Waals surface area contributed by atoms with E-state index in [0.29, 0.717) is 43.2 Å². The fraction of sp³-hybridized carbons (Fsp3) is 0.519. The van der Waals surface area contributed by atoms with Crippen LogP contribution in [0.4, 0.5) is 4.79 Å². The molecule has 15 heteroatoms. The molecular weight excluding hydrogens is 607 g/mol. The van der Waals surface area contributed by atoms with Crippen LogP contribution < -0.4 is 10.5 Å². The third-order valence-electron chi connectivity index (χ3n) is 6.33. The first-order valence-electron chi connectivity index (χ1n) is 13.4. The first-order valence-corrected chi connectivity index (χ1v) is 17.4. The van der Waals surface area contributed by atoms with E-state index in [4.69, 9.17) is 15.2 Å². The van der Waals surface area contributed by atoms with Gasteiger partial charge in [-0.25, -0.2) is 26.4 Å². The fourth-order valence-electron chi connectivity index (χ4n) is 4.27. The summed E-state index contributed by atoms with van der Waals surface area (Å²) in [4.78, 5) is 38.3. The summed E-state index contributed by atoms with van der Waals surface area (Å²) in [6, 6.07) is 9.97. The molecule has 1 saturated heterocycles. The molecule has 0 radical (unpaired) electrons. The molecule has 1 aromatic carbocycles. The lowest BCUT2D eigenvalue weighted by Gasteiger charge is -2.33. The molecule has 12 nitrogen and oxygen atoms in total. The monoisotopic (exact) mass is 643 g/mol. The number of carbonyl (C=O) groups excluding carboxylic acids is 3. The van der Waals surface area contributed by atoms with Crippen molar-refractivity contribution in [1.29, 1.82) is 0 Å². The van der Waals surface area contributed by atoms with Crippen LogP contribution in [-0.2, 0) is 34.1 Å². The summed E-state index contributed by atoms with van der Waals surface area (Å²) >= 11 is 0.694. The molecule has 0 bridgehead atoms. The number of nitrogens with zero attached hydrogens (tertiary/aromatic N) is 1. The predicted molar refractivity (Wildman–Crippen MR) is 156 cm³/mol. The quantitative estimate of drug-likeness (QED) is 0.210. The number of carbonyl (C=O) groups is 3. The molecule has 0 saturated carbocycles. The maximum absolute atomic E-state index is 12.8. The lowest BCUT2D eigenvalue weighted by atomic mass is 9.93. The van der Waals surface area contributed by atoms with E-state index in [1.807, 2.05) is 20.8 Å². The fourth-order valence-corrected chi connectivity index (χ4v) is 8.07. The number of sulfonamides is 1. The normalized spacial score (nSPS) is 15.7. The molecule has 1 aromatic heterocycles. The second kappa shape index (κ2) is 14.1. The van der Waals surface area contributed by atoms with Crippen molar-refractivity contribution in [2.45, 2.75) is 73.7 Å². The summed E-state index contributed by atoms with van der Waals surface area (Å²) in [5.74, 6) is -1.94. The molecule has 0 aliphatic carbocycles. The maximum Gasteiger partial charge on any atom is 0.410 e. The van der Waals surface area contributed by atoms with Crippen LogP contribution in [0, 0.1) is 5.92 Å². The van der Waals surface area contributed by atoms with Crippen LogP contribution in [0.15, 0.2) is 51.6 Å². The Kier molecular flexibility index (Phi) is 11.3. The minimum atomic E-state index is -3.98. The van der Waals surface area contributed by atoms with Gasteiger partial charge in [0, 0.05) is 13.1 Å². The van der Waals surface area contributed by atoms with Crippen LogP contribution in [0.5, 0.6) is 0 Å². The van der Waals surface area contributed by atoms with Crippen molar-refractivity contribution >= 4 is 49.2 Å². The number of hydrogen-bond donors (Lipinski definition) is 2. The standard InChI is InChI=1S/C27H37N3O9S3/c1-27(2,3)39-26(33)30-15-13-19(14-16-30)8-7-17-41(34,35)24-12-11-21(40-24)25(32)38-23(31)18-22(28)29-42(36,37)20-9-5-4-6-10-20/h4-6,9-12,19,22,29H,7-8,13-18,28H2,1-3H3/t22-/m0/s1. The minimum absolute atomic E-state index is 0.0195. The summed E-state index contributed by atoms with van der Waals surface area (Å²) in [5.41, 5.74) is 5.15. The Balaban J connectivity index is 1.43. The summed E-state index contributed by atoms with van der Waals surface area (Å²) in [7, 11) is -7.65. The summed E-state index contributed by atoms with van der Waals surface area (Å²) in [6.45, 7) is 6.57. The van der Waals surface area contributed by atoms with E-state index >= 15 is 0 Å². The Hall–Kier alpha value is -2.85. The van der Waals surface area contributed by atoms with Gasteiger partial charge in [0.2, 0.25) is 10.0 Å². The SMILES string of the molecule is CC(C)(C)OC(=O)N1CCC(CCCS(=O)(=O)c2ccc(C(=O)OC(=O)C[C@@H](N)NS(=O)(=O)c3ccccc3)s2)CC1. The number of sulfone groups is 1. The van der Waals surface area contributed by atoms with Gasteiger partial charge in [0.05, 0.1) is 23.2 Å². The molecular formula is C27H37N3O9S3. The van der Waals surface area contributed by atoms with Crippen LogP contribution in [-0.4, -0.2) is 70.4 Å². The van der Waals surface area contributed by atoms with Gasteiger partial charge >= 0.3 is 18.0 Å². The van der Waals surface area contributed by atoms with Gasteiger partial charge < -0.3 is 20.1 Å². The van der Waals surface area contributed by atoms with E-state index in [2.05, 4.69) is 4.72 Å². The molecule has 1 amide bonds.